The molecule has 0 atom stereocenters. The molecule has 3 nitrogen and oxygen atoms in total. The van der Waals surface area contributed by atoms with E-state index in [0.29, 0.717) is 6.61 Å². The Kier molecular flexibility index (Phi) is 7.10. The summed E-state index contributed by atoms with van der Waals surface area (Å²) in [5, 5.41) is 7.43. The van der Waals surface area contributed by atoms with E-state index < -0.39 is 0 Å². The summed E-state index contributed by atoms with van der Waals surface area (Å²) < 4.78 is 6.25. The van der Waals surface area contributed by atoms with Crippen molar-refractivity contribution in [1.82, 2.24) is 10.3 Å². The third kappa shape index (κ3) is 4.80. The third-order valence-corrected chi connectivity index (χ3v) is 5.78. The predicted molar refractivity (Wildman–Crippen MR) is 136 cm³/mol. The Morgan fingerprint density at radius 1 is 0.750 bits per heavy atom. The number of H-pyrrole nitrogens is 1. The first-order valence-electron chi connectivity index (χ1n) is 10.8. The first-order valence-corrected chi connectivity index (χ1v) is 10.8. The summed E-state index contributed by atoms with van der Waals surface area (Å²) in [6.07, 6.45) is 3.10. The molecule has 1 aromatic heterocycles. The summed E-state index contributed by atoms with van der Waals surface area (Å²) in [6, 6.07) is 31.6. The van der Waals surface area contributed by atoms with Gasteiger partial charge in [-0.15, -0.1) is 12.4 Å². The number of benzene rings is 4. The zero-order valence-corrected chi connectivity index (χ0v) is 18.7. The van der Waals surface area contributed by atoms with Gasteiger partial charge in [0.05, 0.1) is 0 Å². The Labute approximate surface area is 194 Å². The van der Waals surface area contributed by atoms with Crippen molar-refractivity contribution in [1.29, 1.82) is 0 Å². The second kappa shape index (κ2) is 10.4. The van der Waals surface area contributed by atoms with E-state index >= 15 is 0 Å². The lowest BCUT2D eigenvalue weighted by atomic mass is 10.0. The fraction of sp³-hybridized carbons (Fsp3) is 0.143. The molecule has 0 radical (unpaired) electrons. The second-order valence-corrected chi connectivity index (χ2v) is 7.82. The van der Waals surface area contributed by atoms with Gasteiger partial charge in [-0.2, -0.15) is 0 Å². The highest BCUT2D eigenvalue weighted by Gasteiger charge is 2.10. The van der Waals surface area contributed by atoms with E-state index in [0.717, 1.165) is 25.3 Å². The minimum Gasteiger partial charge on any atom is -0.489 e. The van der Waals surface area contributed by atoms with E-state index in [1.165, 1.54) is 38.4 Å². The van der Waals surface area contributed by atoms with Crippen molar-refractivity contribution in [3.8, 4) is 5.75 Å². The molecule has 0 spiro atoms. The van der Waals surface area contributed by atoms with Crippen LogP contribution >= 0.6 is 12.4 Å². The normalized spacial score (nSPS) is 10.9. The van der Waals surface area contributed by atoms with Gasteiger partial charge in [-0.25, -0.2) is 0 Å². The maximum absolute atomic E-state index is 6.25. The summed E-state index contributed by atoms with van der Waals surface area (Å²) >= 11 is 0. The summed E-state index contributed by atoms with van der Waals surface area (Å²) in [6.45, 7) is 2.25. The molecule has 0 unspecified atom stereocenters. The topological polar surface area (TPSA) is 37.0 Å². The lowest BCUT2D eigenvalue weighted by Gasteiger charge is -2.15. The standard InChI is InChI=1S/C28H26N2O.ClH/c1-2-8-21(9-3-1)20-31-28-15-14-22-10-4-5-11-24(22)26(28)19-29-17-16-23-18-30-27-13-7-6-12-25(23)27;/h1-15,18,29-30H,16-17,19-20H2;1H. The fourth-order valence-electron chi connectivity index (χ4n) is 4.14. The number of halogens is 1. The molecular formula is C28H27ClN2O. The Balaban J connectivity index is 0.00000245. The highest BCUT2D eigenvalue weighted by atomic mass is 35.5. The molecule has 4 aromatic carbocycles. The van der Waals surface area contributed by atoms with Crippen LogP contribution in [0.5, 0.6) is 5.75 Å². The number of fused-ring (bicyclic) bond motifs is 2. The van der Waals surface area contributed by atoms with E-state index in [2.05, 4.69) is 89.3 Å². The smallest absolute Gasteiger partial charge is 0.124 e. The van der Waals surface area contributed by atoms with Gasteiger partial charge >= 0.3 is 0 Å². The van der Waals surface area contributed by atoms with Crippen LogP contribution in [0.25, 0.3) is 21.7 Å². The van der Waals surface area contributed by atoms with Crippen molar-refractivity contribution in [2.75, 3.05) is 6.54 Å². The average molecular weight is 443 g/mol. The highest BCUT2D eigenvalue weighted by Crippen LogP contribution is 2.29. The van der Waals surface area contributed by atoms with Crippen LogP contribution < -0.4 is 10.1 Å². The zero-order chi connectivity index (χ0) is 20.9. The van der Waals surface area contributed by atoms with Crippen LogP contribution in [-0.2, 0) is 19.6 Å². The number of para-hydroxylation sites is 1. The third-order valence-electron chi connectivity index (χ3n) is 5.78. The second-order valence-electron chi connectivity index (χ2n) is 7.82. The van der Waals surface area contributed by atoms with Crippen molar-refractivity contribution in [2.24, 2.45) is 0 Å². The van der Waals surface area contributed by atoms with Crippen LogP contribution in [0.2, 0.25) is 0 Å². The van der Waals surface area contributed by atoms with Crippen molar-refractivity contribution in [2.45, 2.75) is 19.6 Å². The summed E-state index contributed by atoms with van der Waals surface area (Å²) in [7, 11) is 0. The van der Waals surface area contributed by atoms with E-state index in [1.807, 2.05) is 18.2 Å². The zero-order valence-electron chi connectivity index (χ0n) is 17.9. The lowest BCUT2D eigenvalue weighted by molar-refractivity contribution is 0.303. The van der Waals surface area contributed by atoms with Crippen LogP contribution in [0, 0.1) is 0 Å². The Hall–Kier alpha value is -3.27. The van der Waals surface area contributed by atoms with Crippen LogP contribution in [0.15, 0.2) is 97.2 Å². The van der Waals surface area contributed by atoms with Gasteiger partial charge in [0.1, 0.15) is 12.4 Å². The number of rotatable bonds is 8. The highest BCUT2D eigenvalue weighted by molar-refractivity contribution is 5.88. The van der Waals surface area contributed by atoms with Crippen molar-refractivity contribution in [3.63, 3.8) is 0 Å². The molecule has 0 amide bonds. The van der Waals surface area contributed by atoms with Crippen LogP contribution in [-0.4, -0.2) is 11.5 Å². The average Bonchev–Trinajstić information content (AvgIpc) is 3.24. The molecule has 0 saturated heterocycles. The van der Waals surface area contributed by atoms with E-state index in [4.69, 9.17) is 4.74 Å². The van der Waals surface area contributed by atoms with Gasteiger partial charge in [0.15, 0.2) is 0 Å². The van der Waals surface area contributed by atoms with Gasteiger partial charge < -0.3 is 15.0 Å². The molecular weight excluding hydrogens is 416 g/mol. The summed E-state index contributed by atoms with van der Waals surface area (Å²) in [5.41, 5.74) is 4.94. The van der Waals surface area contributed by atoms with Crippen LogP contribution in [0.4, 0.5) is 0 Å². The van der Waals surface area contributed by atoms with Gasteiger partial charge in [-0.1, -0.05) is 78.9 Å². The van der Waals surface area contributed by atoms with E-state index in [1.54, 1.807) is 0 Å². The van der Waals surface area contributed by atoms with E-state index in [-0.39, 0.29) is 12.4 Å². The van der Waals surface area contributed by atoms with Gasteiger partial charge in [0.25, 0.3) is 0 Å². The largest absolute Gasteiger partial charge is 0.489 e. The van der Waals surface area contributed by atoms with Crippen LogP contribution in [0.3, 0.4) is 0 Å². The molecule has 4 heteroatoms. The number of hydrogen-bond donors (Lipinski definition) is 2. The molecule has 5 aromatic rings. The van der Waals surface area contributed by atoms with Gasteiger partial charge in [0.2, 0.25) is 0 Å². The Morgan fingerprint density at radius 3 is 2.38 bits per heavy atom. The van der Waals surface area contributed by atoms with Crippen molar-refractivity contribution in [3.05, 3.63) is 114 Å². The van der Waals surface area contributed by atoms with E-state index in [9.17, 15) is 0 Å². The molecule has 162 valence electrons. The number of ether oxygens (including phenoxy) is 1. The minimum atomic E-state index is 0. The maximum atomic E-state index is 6.25. The first kappa shape index (κ1) is 21.9. The molecule has 1 heterocycles. The Morgan fingerprint density at radius 2 is 1.50 bits per heavy atom. The molecule has 0 fully saturated rings. The van der Waals surface area contributed by atoms with Crippen molar-refractivity contribution >= 4 is 34.1 Å². The quantitative estimate of drug-likeness (QED) is 0.264. The molecule has 0 aliphatic carbocycles. The molecule has 0 saturated carbocycles. The minimum absolute atomic E-state index is 0. The SMILES string of the molecule is Cl.c1ccc(COc2ccc3ccccc3c2CNCCc2c[nH]c3ccccc23)cc1. The van der Waals surface area contributed by atoms with Gasteiger partial charge in [-0.05, 0) is 47.0 Å². The summed E-state index contributed by atoms with van der Waals surface area (Å²) in [5.74, 6) is 0.946. The monoisotopic (exact) mass is 442 g/mol. The van der Waals surface area contributed by atoms with Gasteiger partial charge in [0, 0.05) is 29.2 Å². The molecule has 32 heavy (non-hydrogen) atoms. The molecule has 0 bridgehead atoms. The number of hydrogen-bond acceptors (Lipinski definition) is 2. The lowest BCUT2D eigenvalue weighted by Crippen LogP contribution is -2.17. The van der Waals surface area contributed by atoms with Gasteiger partial charge in [-0.3, -0.25) is 0 Å². The maximum Gasteiger partial charge on any atom is 0.124 e. The molecule has 2 N–H and O–H groups in total. The fourth-order valence-corrected chi connectivity index (χ4v) is 4.14. The molecule has 5 rings (SSSR count). The molecule has 0 aliphatic heterocycles. The van der Waals surface area contributed by atoms with Crippen LogP contribution in [0.1, 0.15) is 16.7 Å². The molecule has 0 aliphatic rings. The number of nitrogens with one attached hydrogen (secondary N) is 2. The van der Waals surface area contributed by atoms with Crippen molar-refractivity contribution < 1.29 is 4.74 Å². The summed E-state index contributed by atoms with van der Waals surface area (Å²) in [4.78, 5) is 3.36. The predicted octanol–water partition coefficient (Wildman–Crippen LogP) is 6.65. The number of aromatic nitrogens is 1. The Bertz CT molecular complexity index is 1300. The number of aromatic amines is 1. The first-order chi connectivity index (χ1) is 15.4.